The lowest BCUT2D eigenvalue weighted by Gasteiger charge is -2.09. The molecule has 0 amide bonds. The molecule has 0 rings (SSSR count). The Labute approximate surface area is 267 Å². The number of nitrogens with one attached hydrogen (secondary N) is 2. The smallest absolute Gasteiger partial charge is 0.166 e. The number of thiocarbonyl (C=S) groups is 1. The van der Waals surface area contributed by atoms with E-state index in [0.717, 1.165) is 99.8 Å². The second-order valence-electron chi connectivity index (χ2n) is 7.95. The molecule has 39 heavy (non-hydrogen) atoms. The number of nitrogens with zero attached hydrogens (tertiary/aromatic N) is 1. The van der Waals surface area contributed by atoms with Crippen LogP contribution in [0, 0.1) is 10.7 Å². The molecule has 8 nitrogen and oxygen atoms in total. The molecule has 236 valence electrons. The fraction of sp³-hybridized carbons (Fsp3) is 0.913. The second-order valence-corrected chi connectivity index (χ2v) is 16.3. The summed E-state index contributed by atoms with van der Waals surface area (Å²) in [6, 6.07) is 0. The van der Waals surface area contributed by atoms with E-state index in [4.69, 9.17) is 46.4 Å². The topological polar surface area (TPSA) is 142 Å². The first kappa shape index (κ1) is 46.6. The number of unbranched alkanes of at least 4 members (excludes halogenated alkanes) is 4. The zero-order valence-electron chi connectivity index (χ0n) is 23.9. The van der Waals surface area contributed by atoms with Crippen molar-refractivity contribution in [1.82, 2.24) is 10.6 Å². The first-order valence-electron chi connectivity index (χ1n) is 12.5. The highest BCUT2D eigenvalue weighted by molar-refractivity contribution is 8.03. The van der Waals surface area contributed by atoms with Crippen molar-refractivity contribution in [2.75, 3.05) is 78.8 Å². The van der Waals surface area contributed by atoms with Crippen molar-refractivity contribution in [2.24, 2.45) is 5.73 Å². The maximum Gasteiger partial charge on any atom is 0.166 e. The van der Waals surface area contributed by atoms with Gasteiger partial charge in [-0.3, -0.25) is 16.8 Å². The summed E-state index contributed by atoms with van der Waals surface area (Å²) >= 11 is 15.9. The van der Waals surface area contributed by atoms with Crippen LogP contribution in [-0.4, -0.2) is 101 Å². The van der Waals surface area contributed by atoms with Crippen molar-refractivity contribution in [1.29, 1.82) is 5.26 Å². The maximum absolute atomic E-state index is 10.8. The van der Waals surface area contributed by atoms with E-state index in [2.05, 4.69) is 10.6 Å². The second kappa shape index (κ2) is 40.8. The molecule has 0 aliphatic heterocycles. The third kappa shape index (κ3) is 63.3. The number of nitrogens with two attached hydrogens (primary N) is 1. The van der Waals surface area contributed by atoms with E-state index in [1.54, 1.807) is 25.0 Å². The van der Waals surface area contributed by atoms with Crippen LogP contribution in [0.4, 0.5) is 0 Å². The van der Waals surface area contributed by atoms with Gasteiger partial charge in [0.1, 0.15) is 5.40 Å². The fourth-order valence-electron chi connectivity index (χ4n) is 2.30. The SMILES string of the molecule is CS(=O)CCCCN.CS(=O)CCCCNC(=S)NCCCCS(C)=O.CS(=O)CCCCSC#N.ClCCl. The van der Waals surface area contributed by atoms with Crippen LogP contribution in [0.1, 0.15) is 51.4 Å². The molecule has 0 aliphatic carbocycles. The highest BCUT2D eigenvalue weighted by atomic mass is 35.5. The third-order valence-electron chi connectivity index (χ3n) is 4.17. The molecular weight excluding hydrogens is 660 g/mol. The molecule has 0 aromatic carbocycles. The Bertz CT molecular complexity index is 663. The van der Waals surface area contributed by atoms with Crippen molar-refractivity contribution in [3.8, 4) is 5.40 Å². The van der Waals surface area contributed by atoms with Crippen LogP contribution < -0.4 is 16.4 Å². The van der Waals surface area contributed by atoms with Gasteiger partial charge in [-0.2, -0.15) is 5.26 Å². The van der Waals surface area contributed by atoms with Gasteiger partial charge in [-0.05, 0) is 81.9 Å². The molecule has 0 spiro atoms. The van der Waals surface area contributed by atoms with Crippen molar-refractivity contribution in [2.45, 2.75) is 51.4 Å². The average Bonchev–Trinajstić information content (AvgIpc) is 2.84. The van der Waals surface area contributed by atoms with E-state index < -0.39 is 43.2 Å². The predicted molar refractivity (Wildman–Crippen MR) is 185 cm³/mol. The van der Waals surface area contributed by atoms with Crippen LogP contribution in [0.2, 0.25) is 0 Å². The molecule has 0 heterocycles. The lowest BCUT2D eigenvalue weighted by atomic mass is 10.3. The summed E-state index contributed by atoms with van der Waals surface area (Å²) in [6.45, 7) is 2.36. The summed E-state index contributed by atoms with van der Waals surface area (Å²) in [5, 5.41) is 17.2. The number of thiocyanates is 1. The van der Waals surface area contributed by atoms with Crippen LogP contribution in [0.25, 0.3) is 0 Å². The largest absolute Gasteiger partial charge is 0.363 e. The molecular formula is C23H50Cl2N4O4S6. The number of alkyl halides is 2. The Kier molecular flexibility index (Phi) is 48.8. The number of rotatable bonds is 19. The number of halogens is 2. The Morgan fingerprint density at radius 1 is 0.744 bits per heavy atom. The molecule has 16 heteroatoms. The fourth-order valence-corrected chi connectivity index (χ4v) is 5.39. The van der Waals surface area contributed by atoms with Crippen LogP contribution in [0.15, 0.2) is 0 Å². The monoisotopic (exact) mass is 708 g/mol. The van der Waals surface area contributed by atoms with E-state index in [1.807, 2.05) is 5.40 Å². The van der Waals surface area contributed by atoms with Gasteiger partial charge in [0.05, 0.1) is 5.34 Å². The summed E-state index contributed by atoms with van der Waals surface area (Å²) in [5.41, 5.74) is 5.22. The lowest BCUT2D eigenvalue weighted by Crippen LogP contribution is -2.36. The first-order valence-corrected chi connectivity index (χ1v) is 21.9. The molecule has 0 bridgehead atoms. The molecule has 0 fully saturated rings. The molecule has 0 aromatic heterocycles. The minimum Gasteiger partial charge on any atom is -0.363 e. The molecule has 0 aromatic rings. The summed E-state index contributed by atoms with van der Waals surface area (Å²) < 4.78 is 42.5. The van der Waals surface area contributed by atoms with Crippen LogP contribution in [0.3, 0.4) is 0 Å². The number of thioether (sulfide) groups is 1. The van der Waals surface area contributed by atoms with Crippen LogP contribution in [-0.2, 0) is 43.2 Å². The molecule has 4 N–H and O–H groups in total. The van der Waals surface area contributed by atoms with E-state index >= 15 is 0 Å². The molecule has 0 aliphatic rings. The number of hydrogen-bond acceptors (Lipinski definition) is 8. The minimum absolute atomic E-state index is 0.194. The molecule has 0 saturated carbocycles. The highest BCUT2D eigenvalue weighted by Gasteiger charge is 1.97. The van der Waals surface area contributed by atoms with Gasteiger partial charge in [0.15, 0.2) is 5.11 Å². The Morgan fingerprint density at radius 2 is 1.08 bits per heavy atom. The zero-order valence-corrected chi connectivity index (χ0v) is 30.3. The summed E-state index contributed by atoms with van der Waals surface area (Å²) in [7, 11) is -2.67. The van der Waals surface area contributed by atoms with Gasteiger partial charge >= 0.3 is 0 Å². The first-order chi connectivity index (χ1) is 18.5. The number of hydrogen-bond donors (Lipinski definition) is 3. The highest BCUT2D eigenvalue weighted by Crippen LogP contribution is 2.01. The predicted octanol–water partition coefficient (Wildman–Crippen LogP) is 3.65. The molecule has 4 atom stereocenters. The van der Waals surface area contributed by atoms with Crippen molar-refractivity contribution in [3.05, 3.63) is 0 Å². The van der Waals surface area contributed by atoms with E-state index in [-0.39, 0.29) is 5.34 Å². The van der Waals surface area contributed by atoms with Crippen molar-refractivity contribution in [3.63, 3.8) is 0 Å². The van der Waals surface area contributed by atoms with E-state index in [9.17, 15) is 16.8 Å². The van der Waals surface area contributed by atoms with Gasteiger partial charge < -0.3 is 16.4 Å². The molecule has 0 saturated heterocycles. The van der Waals surface area contributed by atoms with Gasteiger partial charge in [0.2, 0.25) is 0 Å². The average molecular weight is 710 g/mol. The van der Waals surface area contributed by atoms with Crippen LogP contribution in [0.5, 0.6) is 0 Å². The molecule has 0 radical (unpaired) electrons. The third-order valence-corrected chi connectivity index (χ3v) is 8.53. The minimum atomic E-state index is -0.692. The Morgan fingerprint density at radius 3 is 1.38 bits per heavy atom. The van der Waals surface area contributed by atoms with Crippen molar-refractivity contribution >= 4 is 95.5 Å². The van der Waals surface area contributed by atoms with Gasteiger partial charge in [-0.15, -0.1) is 23.2 Å². The quantitative estimate of drug-likeness (QED) is 0.0788. The lowest BCUT2D eigenvalue weighted by molar-refractivity contribution is 0.676. The van der Waals surface area contributed by atoms with E-state index in [0.29, 0.717) is 5.11 Å². The Hall–Kier alpha value is 0.670. The van der Waals surface area contributed by atoms with Gasteiger partial charge in [-0.1, -0.05) is 0 Å². The Balaban J connectivity index is -0.000000245. The van der Waals surface area contributed by atoms with Gasteiger partial charge in [0, 0.05) is 110 Å². The standard InChI is InChI=1S/C11H24N2O2S3.C6H11NOS2.C5H13NOS.CH2Cl2/c1-17(14)9-5-3-7-12-11(16)13-8-4-6-10-18(2)15;1-10(8)5-3-2-4-9-6-7;1-8(7)5-3-2-4-6;2-1-3/h3-10H2,1-2H3,(H2,12,13,16);2-5H2,1H3;2-6H2,1H3;1H2. The molecule has 4 unspecified atom stereocenters. The number of nitriles is 1. The zero-order chi connectivity index (χ0) is 30.7. The van der Waals surface area contributed by atoms with Gasteiger partial charge in [0.25, 0.3) is 0 Å². The van der Waals surface area contributed by atoms with Gasteiger partial charge in [-0.25, -0.2) is 0 Å². The van der Waals surface area contributed by atoms with Crippen molar-refractivity contribution < 1.29 is 16.8 Å². The summed E-state index contributed by atoms with van der Waals surface area (Å²) in [6.07, 6.45) is 14.7. The summed E-state index contributed by atoms with van der Waals surface area (Å²) in [4.78, 5) is 0. The van der Waals surface area contributed by atoms with E-state index in [1.165, 1.54) is 11.8 Å². The van der Waals surface area contributed by atoms with Crippen LogP contribution >= 0.6 is 47.2 Å². The maximum atomic E-state index is 10.8. The normalized spacial score (nSPS) is 12.9. The summed E-state index contributed by atoms with van der Waals surface area (Å²) in [5.74, 6) is 3.96.